The molecule has 19 heavy (non-hydrogen) atoms. The minimum Gasteiger partial charge on any atom is -0.491 e. The Bertz CT molecular complexity index is 392. The molecule has 1 saturated heterocycles. The Hall–Kier alpha value is -0.580. The van der Waals surface area contributed by atoms with E-state index in [4.69, 9.17) is 9.47 Å². The van der Waals surface area contributed by atoms with Crippen LogP contribution in [0.5, 0.6) is 5.75 Å². The van der Waals surface area contributed by atoms with Crippen LogP contribution >= 0.6 is 15.9 Å². The molecule has 1 aromatic carbocycles. The van der Waals surface area contributed by atoms with E-state index in [1.54, 1.807) is 4.90 Å². The second-order valence-corrected chi connectivity index (χ2v) is 5.99. The minimum atomic E-state index is 0.623. The van der Waals surface area contributed by atoms with Crippen molar-refractivity contribution >= 4 is 15.9 Å². The Kier molecular flexibility index (Phi) is 6.14. The van der Waals surface area contributed by atoms with Crippen molar-refractivity contribution in [3.8, 4) is 5.75 Å². The maximum atomic E-state index is 5.71. The van der Waals surface area contributed by atoms with E-state index in [9.17, 15) is 0 Å². The lowest BCUT2D eigenvalue weighted by Gasteiger charge is -2.13. The van der Waals surface area contributed by atoms with Gasteiger partial charge in [0.15, 0.2) is 0 Å². The van der Waals surface area contributed by atoms with Gasteiger partial charge < -0.3 is 14.4 Å². The number of hydrogen-bond donors (Lipinski definition) is 1. The molecule has 0 bridgehead atoms. The molecule has 0 amide bonds. The molecule has 1 aromatic rings. The topological polar surface area (TPSA) is 22.9 Å². The first-order valence-corrected chi connectivity index (χ1v) is 7.85. The third kappa shape index (κ3) is 5.13. The summed E-state index contributed by atoms with van der Waals surface area (Å²) in [4.78, 5) is 1.68. The van der Waals surface area contributed by atoms with Crippen molar-refractivity contribution in [2.24, 2.45) is 0 Å². The summed E-state index contributed by atoms with van der Waals surface area (Å²) in [5.41, 5.74) is 1.15. The van der Waals surface area contributed by atoms with Crippen LogP contribution < -0.4 is 9.64 Å². The van der Waals surface area contributed by atoms with Gasteiger partial charge in [-0.15, -0.1) is 0 Å². The molecule has 0 spiro atoms. The SMILES string of the molecule is Cc1cc(Br)ccc1OCCOCC[NH+]1CCCC1. The van der Waals surface area contributed by atoms with Crippen molar-refractivity contribution in [1.82, 2.24) is 0 Å². The van der Waals surface area contributed by atoms with Gasteiger partial charge in [0.1, 0.15) is 18.9 Å². The van der Waals surface area contributed by atoms with Gasteiger partial charge in [-0.05, 0) is 30.7 Å². The predicted molar refractivity (Wildman–Crippen MR) is 80.0 cm³/mol. The molecule has 2 rings (SSSR count). The summed E-state index contributed by atoms with van der Waals surface area (Å²) in [6.07, 6.45) is 2.75. The average molecular weight is 329 g/mol. The first-order chi connectivity index (χ1) is 9.25. The Balaban J connectivity index is 1.56. The number of quaternary nitrogens is 1. The summed E-state index contributed by atoms with van der Waals surface area (Å²) >= 11 is 3.45. The molecule has 4 heteroatoms. The molecule has 0 radical (unpaired) electrons. The molecule has 3 nitrogen and oxygen atoms in total. The minimum absolute atomic E-state index is 0.623. The molecule has 106 valence electrons. The molecule has 1 aliphatic heterocycles. The molecule has 0 unspecified atom stereocenters. The van der Waals surface area contributed by atoms with E-state index in [1.165, 1.54) is 25.9 Å². The highest BCUT2D eigenvalue weighted by atomic mass is 79.9. The smallest absolute Gasteiger partial charge is 0.122 e. The monoisotopic (exact) mass is 328 g/mol. The second-order valence-electron chi connectivity index (χ2n) is 5.08. The molecule has 0 aliphatic carbocycles. The van der Waals surface area contributed by atoms with Gasteiger partial charge in [-0.2, -0.15) is 0 Å². The number of nitrogens with one attached hydrogen (secondary N) is 1. The van der Waals surface area contributed by atoms with E-state index in [1.807, 2.05) is 12.1 Å². The van der Waals surface area contributed by atoms with Crippen LogP contribution in [0.2, 0.25) is 0 Å². The van der Waals surface area contributed by atoms with Crippen molar-refractivity contribution in [2.45, 2.75) is 19.8 Å². The van der Waals surface area contributed by atoms with E-state index in [2.05, 4.69) is 28.9 Å². The average Bonchev–Trinajstić information content (AvgIpc) is 2.89. The van der Waals surface area contributed by atoms with Gasteiger partial charge in [-0.1, -0.05) is 15.9 Å². The van der Waals surface area contributed by atoms with Gasteiger partial charge in [-0.3, -0.25) is 0 Å². The van der Waals surface area contributed by atoms with Crippen molar-refractivity contribution < 1.29 is 14.4 Å². The van der Waals surface area contributed by atoms with Gasteiger partial charge in [0, 0.05) is 17.3 Å². The third-order valence-electron chi connectivity index (χ3n) is 3.53. The summed E-state index contributed by atoms with van der Waals surface area (Å²) < 4.78 is 12.4. The van der Waals surface area contributed by atoms with Crippen molar-refractivity contribution in [3.05, 3.63) is 28.2 Å². The number of likely N-dealkylation sites (tertiary alicyclic amines) is 1. The van der Waals surface area contributed by atoms with E-state index < -0.39 is 0 Å². The molecule has 1 aliphatic rings. The fraction of sp³-hybridized carbons (Fsp3) is 0.600. The zero-order valence-corrected chi connectivity index (χ0v) is 13.2. The fourth-order valence-corrected chi connectivity index (χ4v) is 2.90. The first-order valence-electron chi connectivity index (χ1n) is 7.06. The van der Waals surface area contributed by atoms with Gasteiger partial charge in [0.2, 0.25) is 0 Å². The van der Waals surface area contributed by atoms with Crippen LogP contribution in [0.3, 0.4) is 0 Å². The Morgan fingerprint density at radius 1 is 1.16 bits per heavy atom. The van der Waals surface area contributed by atoms with Crippen molar-refractivity contribution in [1.29, 1.82) is 0 Å². The third-order valence-corrected chi connectivity index (χ3v) is 4.03. The van der Waals surface area contributed by atoms with Crippen molar-refractivity contribution in [2.75, 3.05) is 39.5 Å². The number of rotatable bonds is 7. The lowest BCUT2D eigenvalue weighted by atomic mass is 10.2. The standard InChI is InChI=1S/C15H22BrNO2/c1-13-12-14(16)4-5-15(13)19-11-10-18-9-8-17-6-2-3-7-17/h4-5,12H,2-3,6-11H2,1H3/p+1. The lowest BCUT2D eigenvalue weighted by molar-refractivity contribution is -0.887. The fourth-order valence-electron chi connectivity index (χ4n) is 2.43. The molecular formula is C15H23BrNO2+. The second kappa shape index (κ2) is 7.88. The van der Waals surface area contributed by atoms with E-state index in [0.717, 1.165) is 28.9 Å². The Morgan fingerprint density at radius 2 is 1.95 bits per heavy atom. The van der Waals surface area contributed by atoms with Gasteiger partial charge in [0.25, 0.3) is 0 Å². The summed E-state index contributed by atoms with van der Waals surface area (Å²) in [7, 11) is 0. The van der Waals surface area contributed by atoms with Gasteiger partial charge in [-0.25, -0.2) is 0 Å². The molecule has 0 saturated carbocycles. The highest BCUT2D eigenvalue weighted by Crippen LogP contribution is 2.21. The van der Waals surface area contributed by atoms with Gasteiger partial charge in [0.05, 0.1) is 26.3 Å². The summed E-state index contributed by atoms with van der Waals surface area (Å²) in [6, 6.07) is 6.06. The summed E-state index contributed by atoms with van der Waals surface area (Å²) in [6.45, 7) is 7.96. The molecule has 1 heterocycles. The molecule has 1 N–H and O–H groups in total. The number of hydrogen-bond acceptors (Lipinski definition) is 2. The molecule has 0 aromatic heterocycles. The normalized spacial score (nSPS) is 15.9. The van der Waals surface area contributed by atoms with Crippen LogP contribution in [0.4, 0.5) is 0 Å². The highest BCUT2D eigenvalue weighted by molar-refractivity contribution is 9.10. The molecule has 1 fully saturated rings. The molecular weight excluding hydrogens is 306 g/mol. The number of aryl methyl sites for hydroxylation is 1. The first kappa shape index (κ1) is 14.8. The Labute approximate surface area is 124 Å². The van der Waals surface area contributed by atoms with Crippen molar-refractivity contribution in [3.63, 3.8) is 0 Å². The van der Waals surface area contributed by atoms with Crippen LogP contribution in [0.15, 0.2) is 22.7 Å². The highest BCUT2D eigenvalue weighted by Gasteiger charge is 2.14. The van der Waals surface area contributed by atoms with Crippen LogP contribution in [0.1, 0.15) is 18.4 Å². The predicted octanol–water partition coefficient (Wildman–Crippen LogP) is 1.83. The summed E-state index contributed by atoms with van der Waals surface area (Å²) in [5.74, 6) is 0.942. The van der Waals surface area contributed by atoms with Crippen LogP contribution in [-0.2, 0) is 4.74 Å². The van der Waals surface area contributed by atoms with E-state index in [0.29, 0.717) is 13.2 Å². The number of halogens is 1. The van der Waals surface area contributed by atoms with Crippen LogP contribution in [-0.4, -0.2) is 39.5 Å². The Morgan fingerprint density at radius 3 is 2.68 bits per heavy atom. The maximum absolute atomic E-state index is 5.71. The quantitative estimate of drug-likeness (QED) is 0.772. The lowest BCUT2D eigenvalue weighted by Crippen LogP contribution is -3.10. The summed E-state index contributed by atoms with van der Waals surface area (Å²) in [5, 5.41) is 0. The zero-order chi connectivity index (χ0) is 13.5. The number of benzene rings is 1. The zero-order valence-electron chi connectivity index (χ0n) is 11.6. The van der Waals surface area contributed by atoms with Gasteiger partial charge >= 0.3 is 0 Å². The number of ether oxygens (including phenoxy) is 2. The van der Waals surface area contributed by atoms with Crippen LogP contribution in [0.25, 0.3) is 0 Å². The van der Waals surface area contributed by atoms with Crippen LogP contribution in [0, 0.1) is 6.92 Å². The maximum Gasteiger partial charge on any atom is 0.122 e. The largest absolute Gasteiger partial charge is 0.491 e. The molecule has 0 atom stereocenters. The van der Waals surface area contributed by atoms with E-state index in [-0.39, 0.29) is 0 Å². The van der Waals surface area contributed by atoms with E-state index >= 15 is 0 Å².